The number of amides is 1. The number of thiophene rings is 1. The van der Waals surface area contributed by atoms with E-state index in [9.17, 15) is 18.0 Å². The van der Waals surface area contributed by atoms with Gasteiger partial charge in [0, 0.05) is 18.8 Å². The summed E-state index contributed by atoms with van der Waals surface area (Å²) >= 11 is 1.08. The Morgan fingerprint density at radius 3 is 2.65 bits per heavy atom. The summed E-state index contributed by atoms with van der Waals surface area (Å²) in [7, 11) is -3.83. The number of carbonyl (C=O) groups excluding carboxylic acids is 1. The molecule has 158 valence electrons. The highest BCUT2D eigenvalue weighted by atomic mass is 32.2. The Balaban J connectivity index is 1.41. The highest BCUT2D eigenvalue weighted by molar-refractivity contribution is 7.89. The molecule has 3 N–H and O–H groups in total. The fourth-order valence-electron chi connectivity index (χ4n) is 3.78. The second-order valence-corrected chi connectivity index (χ2v) is 10.1. The number of carbonyl (C=O) groups is 1. The largest absolute Gasteiger partial charge is 0.323 e. The molecule has 0 aliphatic carbocycles. The number of hydrogen-bond donors (Lipinski definition) is 3. The number of fused-ring (bicyclic) bond motifs is 2. The van der Waals surface area contributed by atoms with E-state index in [1.165, 1.54) is 10.4 Å². The van der Waals surface area contributed by atoms with Gasteiger partial charge in [0.25, 0.3) is 5.91 Å². The zero-order valence-electron chi connectivity index (χ0n) is 16.2. The lowest BCUT2D eigenvalue weighted by atomic mass is 10.0. The molecule has 10 heteroatoms. The number of anilines is 1. The van der Waals surface area contributed by atoms with Crippen molar-refractivity contribution in [2.24, 2.45) is 0 Å². The number of benzene rings is 2. The molecule has 31 heavy (non-hydrogen) atoms. The normalized spacial score (nSPS) is 14.5. The van der Waals surface area contributed by atoms with Gasteiger partial charge < -0.3 is 15.3 Å². The lowest BCUT2D eigenvalue weighted by molar-refractivity contribution is 0.102. The maximum atomic E-state index is 13.3. The van der Waals surface area contributed by atoms with E-state index in [2.05, 4.69) is 15.3 Å². The third-order valence-electron chi connectivity index (χ3n) is 5.32. The first kappa shape index (κ1) is 19.7. The molecule has 0 fully saturated rings. The smallest absolute Gasteiger partial charge is 0.321 e. The molecule has 1 amide bonds. The van der Waals surface area contributed by atoms with Crippen LogP contribution in [0.15, 0.2) is 63.6 Å². The minimum atomic E-state index is -3.83. The molecular formula is C21H18N4O4S2. The van der Waals surface area contributed by atoms with Crippen LogP contribution in [0.25, 0.3) is 11.0 Å². The molecule has 0 bridgehead atoms. The number of aromatic amines is 2. The summed E-state index contributed by atoms with van der Waals surface area (Å²) in [5.74, 6) is -0.511. The first-order chi connectivity index (χ1) is 14.9. The maximum absolute atomic E-state index is 13.3. The van der Waals surface area contributed by atoms with Gasteiger partial charge in [-0.05, 0) is 47.2 Å². The molecular weight excluding hydrogens is 436 g/mol. The standard InChI is InChI=1S/C21H18N4O4S2/c26-20(22-15-5-6-16-17(11-15)24-21(27)23-16)19-18(8-10-30-19)31(28,29)25-9-7-13-3-1-2-4-14(13)12-25/h1-6,8,10-11H,7,9,12H2,(H,22,26)(H2,23,24,27). The Morgan fingerprint density at radius 2 is 1.81 bits per heavy atom. The van der Waals surface area contributed by atoms with Crippen LogP contribution in [0.2, 0.25) is 0 Å². The van der Waals surface area contributed by atoms with Crippen LogP contribution in [0.1, 0.15) is 20.8 Å². The van der Waals surface area contributed by atoms with E-state index in [0.717, 1.165) is 22.5 Å². The fourth-order valence-corrected chi connectivity index (χ4v) is 6.49. The zero-order chi connectivity index (χ0) is 21.6. The number of hydrogen-bond acceptors (Lipinski definition) is 5. The van der Waals surface area contributed by atoms with Crippen LogP contribution in [0, 0.1) is 0 Å². The van der Waals surface area contributed by atoms with Gasteiger partial charge in [-0.15, -0.1) is 11.3 Å². The van der Waals surface area contributed by atoms with E-state index in [0.29, 0.717) is 29.7 Å². The molecule has 0 saturated heterocycles. The number of aromatic nitrogens is 2. The summed E-state index contributed by atoms with van der Waals surface area (Å²) in [6.45, 7) is 0.653. The average molecular weight is 455 g/mol. The molecule has 3 heterocycles. The maximum Gasteiger partial charge on any atom is 0.323 e. The first-order valence-electron chi connectivity index (χ1n) is 9.60. The highest BCUT2D eigenvalue weighted by Gasteiger charge is 2.32. The number of imidazole rings is 1. The fraction of sp³-hybridized carbons (Fsp3) is 0.143. The van der Waals surface area contributed by atoms with E-state index >= 15 is 0 Å². The van der Waals surface area contributed by atoms with E-state index < -0.39 is 15.9 Å². The van der Waals surface area contributed by atoms with Gasteiger partial charge in [0.2, 0.25) is 10.0 Å². The van der Waals surface area contributed by atoms with Gasteiger partial charge in [-0.25, -0.2) is 13.2 Å². The average Bonchev–Trinajstić information content (AvgIpc) is 3.39. The predicted octanol–water partition coefficient (Wildman–Crippen LogP) is 2.92. The van der Waals surface area contributed by atoms with Crippen LogP contribution < -0.4 is 11.0 Å². The quantitative estimate of drug-likeness (QED) is 0.440. The predicted molar refractivity (Wildman–Crippen MR) is 119 cm³/mol. The first-order valence-corrected chi connectivity index (χ1v) is 11.9. The Kier molecular flexibility index (Phi) is 4.77. The van der Waals surface area contributed by atoms with Crippen LogP contribution >= 0.6 is 11.3 Å². The summed E-state index contributed by atoms with van der Waals surface area (Å²) in [6, 6.07) is 14.2. The van der Waals surface area contributed by atoms with Crippen LogP contribution in [-0.2, 0) is 23.0 Å². The Labute approximate surface area is 181 Å². The molecule has 5 rings (SSSR count). The van der Waals surface area contributed by atoms with Crippen molar-refractivity contribution in [1.82, 2.24) is 14.3 Å². The SMILES string of the molecule is O=C(Nc1ccc2[nH]c(=O)[nH]c2c1)c1sccc1S(=O)(=O)N1CCc2ccccc2C1. The van der Waals surface area contributed by atoms with E-state index in [1.54, 1.807) is 23.6 Å². The van der Waals surface area contributed by atoms with Gasteiger partial charge in [0.05, 0.1) is 11.0 Å². The van der Waals surface area contributed by atoms with Crippen LogP contribution in [-0.4, -0.2) is 35.1 Å². The molecule has 4 aromatic rings. The van der Waals surface area contributed by atoms with Crippen molar-refractivity contribution >= 4 is 44.0 Å². The molecule has 0 radical (unpaired) electrons. The second kappa shape index (κ2) is 7.49. The second-order valence-electron chi connectivity index (χ2n) is 7.26. The van der Waals surface area contributed by atoms with Crippen molar-refractivity contribution in [2.75, 3.05) is 11.9 Å². The molecule has 0 saturated carbocycles. The molecule has 8 nitrogen and oxygen atoms in total. The van der Waals surface area contributed by atoms with Crippen LogP contribution in [0.3, 0.4) is 0 Å². The number of nitrogens with one attached hydrogen (secondary N) is 3. The Morgan fingerprint density at radius 1 is 1.03 bits per heavy atom. The van der Waals surface area contributed by atoms with Crippen molar-refractivity contribution in [1.29, 1.82) is 0 Å². The summed E-state index contributed by atoms with van der Waals surface area (Å²) < 4.78 is 28.1. The monoisotopic (exact) mass is 454 g/mol. The minimum Gasteiger partial charge on any atom is -0.321 e. The van der Waals surface area contributed by atoms with Crippen molar-refractivity contribution in [3.05, 3.63) is 80.4 Å². The molecule has 0 atom stereocenters. The van der Waals surface area contributed by atoms with E-state index in [4.69, 9.17) is 0 Å². The molecule has 1 aliphatic rings. The van der Waals surface area contributed by atoms with Gasteiger partial charge in [0.1, 0.15) is 9.77 Å². The molecule has 2 aromatic carbocycles. The number of H-pyrrole nitrogens is 2. The van der Waals surface area contributed by atoms with Gasteiger partial charge >= 0.3 is 5.69 Å². The Bertz CT molecular complexity index is 1470. The van der Waals surface area contributed by atoms with Crippen molar-refractivity contribution in [3.63, 3.8) is 0 Å². The highest BCUT2D eigenvalue weighted by Crippen LogP contribution is 2.30. The van der Waals surface area contributed by atoms with Crippen LogP contribution in [0.5, 0.6) is 0 Å². The van der Waals surface area contributed by atoms with E-state index in [1.807, 2.05) is 24.3 Å². The van der Waals surface area contributed by atoms with Gasteiger partial charge in [0.15, 0.2) is 0 Å². The third kappa shape index (κ3) is 3.58. The summed E-state index contributed by atoms with van der Waals surface area (Å²) in [5.41, 5.74) is 3.41. The third-order valence-corrected chi connectivity index (χ3v) is 8.25. The van der Waals surface area contributed by atoms with Gasteiger partial charge in [-0.2, -0.15) is 4.31 Å². The summed E-state index contributed by atoms with van der Waals surface area (Å²) in [6.07, 6.45) is 0.635. The molecule has 0 unspecified atom stereocenters. The number of sulfonamides is 1. The lowest BCUT2D eigenvalue weighted by Crippen LogP contribution is -2.36. The lowest BCUT2D eigenvalue weighted by Gasteiger charge is -2.28. The summed E-state index contributed by atoms with van der Waals surface area (Å²) in [5, 5.41) is 4.33. The molecule has 1 aliphatic heterocycles. The van der Waals surface area contributed by atoms with Crippen molar-refractivity contribution in [2.45, 2.75) is 17.9 Å². The molecule has 0 spiro atoms. The summed E-state index contributed by atoms with van der Waals surface area (Å²) in [4.78, 5) is 29.7. The molecule has 2 aromatic heterocycles. The minimum absolute atomic E-state index is 0.00510. The number of nitrogens with zero attached hydrogens (tertiary/aromatic N) is 1. The van der Waals surface area contributed by atoms with Gasteiger partial charge in [-0.1, -0.05) is 24.3 Å². The van der Waals surface area contributed by atoms with Crippen molar-refractivity contribution in [3.8, 4) is 0 Å². The van der Waals surface area contributed by atoms with Gasteiger partial charge in [-0.3, -0.25) is 4.79 Å². The topological polar surface area (TPSA) is 115 Å². The zero-order valence-corrected chi connectivity index (χ0v) is 17.8. The van der Waals surface area contributed by atoms with E-state index in [-0.39, 0.29) is 22.0 Å². The Hall–Kier alpha value is -3.21. The van der Waals surface area contributed by atoms with Crippen LogP contribution in [0.4, 0.5) is 5.69 Å². The van der Waals surface area contributed by atoms with Crippen molar-refractivity contribution < 1.29 is 13.2 Å². The number of rotatable bonds is 4.